The Morgan fingerprint density at radius 2 is 2.25 bits per heavy atom. The van der Waals surface area contributed by atoms with Crippen molar-refractivity contribution in [3.8, 4) is 11.5 Å². The van der Waals surface area contributed by atoms with Crippen molar-refractivity contribution in [1.82, 2.24) is 10.2 Å². The second-order valence-electron chi connectivity index (χ2n) is 6.01. The van der Waals surface area contributed by atoms with E-state index in [9.17, 15) is 5.11 Å². The van der Waals surface area contributed by atoms with Crippen molar-refractivity contribution < 1.29 is 14.6 Å². The summed E-state index contributed by atoms with van der Waals surface area (Å²) in [6.45, 7) is 6.32. The van der Waals surface area contributed by atoms with Crippen molar-refractivity contribution in [2.75, 3.05) is 47.0 Å². The molecule has 0 amide bonds. The number of phenolic OH excluding ortho intramolecular Hbond substituents is 1. The van der Waals surface area contributed by atoms with Gasteiger partial charge in [-0.3, -0.25) is 4.99 Å². The van der Waals surface area contributed by atoms with E-state index in [1.807, 2.05) is 12.1 Å². The number of likely N-dealkylation sites (tertiary alicyclic amines) is 1. The Morgan fingerprint density at radius 1 is 1.42 bits per heavy atom. The minimum atomic E-state index is 0.210. The number of nitrogens with one attached hydrogen (secondary N) is 1. The van der Waals surface area contributed by atoms with Gasteiger partial charge in [0.2, 0.25) is 0 Å². The number of aromatic hydroxyl groups is 1. The Morgan fingerprint density at radius 3 is 2.96 bits per heavy atom. The van der Waals surface area contributed by atoms with E-state index in [-0.39, 0.29) is 5.75 Å². The van der Waals surface area contributed by atoms with Crippen LogP contribution in [0.2, 0.25) is 0 Å². The standard InChI is InChI=1S/C18H29N3O3/c1-4-19-18(21-11-9-14(12-21)13-23-2)20-10-8-15-6-5-7-16(24-3)17(15)22/h5-7,14,22H,4,8-13H2,1-3H3,(H,19,20). The Balaban J connectivity index is 1.97. The van der Waals surface area contributed by atoms with Gasteiger partial charge in [-0.05, 0) is 31.4 Å². The first-order chi connectivity index (χ1) is 11.7. The van der Waals surface area contributed by atoms with Gasteiger partial charge in [0.05, 0.1) is 13.7 Å². The monoisotopic (exact) mass is 335 g/mol. The molecule has 0 spiro atoms. The third kappa shape index (κ3) is 4.77. The lowest BCUT2D eigenvalue weighted by atomic mass is 10.1. The number of hydrogen-bond donors (Lipinski definition) is 2. The summed E-state index contributed by atoms with van der Waals surface area (Å²) in [7, 11) is 3.31. The van der Waals surface area contributed by atoms with E-state index in [2.05, 4.69) is 17.1 Å². The third-order valence-electron chi connectivity index (χ3n) is 4.27. The van der Waals surface area contributed by atoms with Gasteiger partial charge in [-0.1, -0.05) is 12.1 Å². The zero-order chi connectivity index (χ0) is 17.4. The predicted octanol–water partition coefficient (Wildman–Crippen LogP) is 1.88. The molecule has 1 unspecified atom stereocenters. The maximum Gasteiger partial charge on any atom is 0.193 e. The Kier molecular flexibility index (Phi) is 7.18. The highest BCUT2D eigenvalue weighted by molar-refractivity contribution is 5.80. The van der Waals surface area contributed by atoms with Gasteiger partial charge < -0.3 is 24.8 Å². The summed E-state index contributed by atoms with van der Waals surface area (Å²) in [5.41, 5.74) is 0.854. The van der Waals surface area contributed by atoms with Crippen LogP contribution in [0.5, 0.6) is 11.5 Å². The molecule has 1 saturated heterocycles. The lowest BCUT2D eigenvalue weighted by Gasteiger charge is -2.21. The molecule has 1 atom stereocenters. The van der Waals surface area contributed by atoms with Gasteiger partial charge in [0.15, 0.2) is 17.5 Å². The molecule has 6 nitrogen and oxygen atoms in total. The van der Waals surface area contributed by atoms with Crippen molar-refractivity contribution in [3.05, 3.63) is 23.8 Å². The van der Waals surface area contributed by atoms with Gasteiger partial charge in [0.25, 0.3) is 0 Å². The molecule has 2 rings (SSSR count). The summed E-state index contributed by atoms with van der Waals surface area (Å²) >= 11 is 0. The van der Waals surface area contributed by atoms with E-state index in [0.717, 1.165) is 44.2 Å². The highest BCUT2D eigenvalue weighted by atomic mass is 16.5. The van der Waals surface area contributed by atoms with Crippen molar-refractivity contribution >= 4 is 5.96 Å². The molecule has 1 fully saturated rings. The number of rotatable bonds is 7. The zero-order valence-corrected chi connectivity index (χ0v) is 14.9. The van der Waals surface area contributed by atoms with Crippen LogP contribution >= 0.6 is 0 Å². The van der Waals surface area contributed by atoms with Gasteiger partial charge in [-0.2, -0.15) is 0 Å². The van der Waals surface area contributed by atoms with Gasteiger partial charge >= 0.3 is 0 Å². The number of phenols is 1. The fourth-order valence-corrected chi connectivity index (χ4v) is 3.04. The summed E-state index contributed by atoms with van der Waals surface area (Å²) in [5.74, 6) is 2.23. The molecular weight excluding hydrogens is 306 g/mol. The van der Waals surface area contributed by atoms with E-state index in [1.54, 1.807) is 20.3 Å². The Hall–Kier alpha value is -1.95. The second kappa shape index (κ2) is 9.37. The average molecular weight is 335 g/mol. The summed E-state index contributed by atoms with van der Waals surface area (Å²) in [5, 5.41) is 13.5. The summed E-state index contributed by atoms with van der Waals surface area (Å²) in [6.07, 6.45) is 1.81. The SMILES string of the molecule is CCNC(=NCCc1cccc(OC)c1O)N1CCC(COC)C1. The Bertz CT molecular complexity index is 548. The molecule has 0 bridgehead atoms. The highest BCUT2D eigenvalue weighted by Crippen LogP contribution is 2.29. The molecular formula is C18H29N3O3. The molecule has 6 heteroatoms. The molecule has 1 aromatic rings. The molecule has 0 saturated carbocycles. The number of aliphatic imine (C=N–C) groups is 1. The highest BCUT2D eigenvalue weighted by Gasteiger charge is 2.24. The van der Waals surface area contributed by atoms with Crippen LogP contribution in [0.25, 0.3) is 0 Å². The van der Waals surface area contributed by atoms with Crippen LogP contribution in [-0.2, 0) is 11.2 Å². The average Bonchev–Trinajstić information content (AvgIpc) is 3.04. The van der Waals surface area contributed by atoms with Gasteiger partial charge in [-0.15, -0.1) is 0 Å². The van der Waals surface area contributed by atoms with Crippen LogP contribution < -0.4 is 10.1 Å². The number of guanidine groups is 1. The molecule has 0 aromatic heterocycles. The van der Waals surface area contributed by atoms with Crippen LogP contribution in [0.15, 0.2) is 23.2 Å². The molecule has 0 radical (unpaired) electrons. The number of para-hydroxylation sites is 1. The fourth-order valence-electron chi connectivity index (χ4n) is 3.04. The van der Waals surface area contributed by atoms with Crippen LogP contribution in [0.4, 0.5) is 0 Å². The number of nitrogens with zero attached hydrogens (tertiary/aromatic N) is 2. The first-order valence-corrected chi connectivity index (χ1v) is 8.56. The minimum absolute atomic E-state index is 0.210. The summed E-state index contributed by atoms with van der Waals surface area (Å²) in [6, 6.07) is 5.55. The molecule has 134 valence electrons. The molecule has 1 aromatic carbocycles. The number of methoxy groups -OCH3 is 2. The van der Waals surface area contributed by atoms with Crippen molar-refractivity contribution in [2.24, 2.45) is 10.9 Å². The topological polar surface area (TPSA) is 66.3 Å². The number of ether oxygens (including phenoxy) is 2. The van der Waals surface area contributed by atoms with Crippen molar-refractivity contribution in [3.63, 3.8) is 0 Å². The molecule has 1 heterocycles. The smallest absolute Gasteiger partial charge is 0.193 e. The molecule has 2 N–H and O–H groups in total. The first kappa shape index (κ1) is 18.4. The lowest BCUT2D eigenvalue weighted by Crippen LogP contribution is -2.40. The lowest BCUT2D eigenvalue weighted by molar-refractivity contribution is 0.157. The number of hydrogen-bond acceptors (Lipinski definition) is 4. The van der Waals surface area contributed by atoms with Crippen molar-refractivity contribution in [2.45, 2.75) is 19.8 Å². The van der Waals surface area contributed by atoms with E-state index in [1.165, 1.54) is 0 Å². The second-order valence-corrected chi connectivity index (χ2v) is 6.01. The van der Waals surface area contributed by atoms with Crippen LogP contribution in [-0.4, -0.2) is 63.0 Å². The number of benzene rings is 1. The fraction of sp³-hybridized carbons (Fsp3) is 0.611. The van der Waals surface area contributed by atoms with Gasteiger partial charge in [-0.25, -0.2) is 0 Å². The molecule has 1 aliphatic heterocycles. The molecule has 24 heavy (non-hydrogen) atoms. The normalized spacial score (nSPS) is 18.0. The summed E-state index contributed by atoms with van der Waals surface area (Å²) in [4.78, 5) is 7.01. The third-order valence-corrected chi connectivity index (χ3v) is 4.27. The Labute approximate surface area is 144 Å². The summed E-state index contributed by atoms with van der Waals surface area (Å²) < 4.78 is 10.4. The van der Waals surface area contributed by atoms with Gasteiger partial charge in [0, 0.05) is 39.2 Å². The van der Waals surface area contributed by atoms with Crippen LogP contribution in [0.1, 0.15) is 18.9 Å². The van der Waals surface area contributed by atoms with Gasteiger partial charge in [0.1, 0.15) is 0 Å². The van der Waals surface area contributed by atoms with E-state index < -0.39 is 0 Å². The van der Waals surface area contributed by atoms with Crippen LogP contribution in [0.3, 0.4) is 0 Å². The largest absolute Gasteiger partial charge is 0.504 e. The molecule has 1 aliphatic rings. The maximum atomic E-state index is 10.1. The van der Waals surface area contributed by atoms with E-state index in [0.29, 0.717) is 24.6 Å². The quantitative estimate of drug-likeness (QED) is 0.588. The van der Waals surface area contributed by atoms with E-state index in [4.69, 9.17) is 14.5 Å². The molecule has 0 aliphatic carbocycles. The van der Waals surface area contributed by atoms with Crippen LogP contribution in [0, 0.1) is 5.92 Å². The first-order valence-electron chi connectivity index (χ1n) is 8.56. The predicted molar refractivity (Wildman–Crippen MR) is 95.9 cm³/mol. The van der Waals surface area contributed by atoms with Crippen molar-refractivity contribution in [1.29, 1.82) is 0 Å². The zero-order valence-electron chi connectivity index (χ0n) is 14.9. The minimum Gasteiger partial charge on any atom is -0.504 e. The van der Waals surface area contributed by atoms with E-state index >= 15 is 0 Å². The maximum absolute atomic E-state index is 10.1.